The molecular weight excluding hydrogens is 843 g/mol. The van der Waals surface area contributed by atoms with Crippen LogP contribution in [0.4, 0.5) is 25.8 Å². The summed E-state index contributed by atoms with van der Waals surface area (Å²) in [6.07, 6.45) is 0. The number of aromatic nitrogens is 3. The fourth-order valence-electron chi connectivity index (χ4n) is 10.8. The highest BCUT2D eigenvalue weighted by molar-refractivity contribution is 7.27. The van der Waals surface area contributed by atoms with Crippen molar-refractivity contribution in [1.29, 1.82) is 0 Å². The molecule has 0 unspecified atom stereocenters. The number of fused-ring (bicyclic) bond motifs is 17. The van der Waals surface area contributed by atoms with Crippen molar-refractivity contribution in [3.8, 4) is 17.2 Å². The number of rotatable bonds is 3. The highest BCUT2D eigenvalue weighted by Gasteiger charge is 2.37. The summed E-state index contributed by atoms with van der Waals surface area (Å²) in [4.78, 5) is 13.2. The topological polar surface area (TPSA) is 34.0 Å². The van der Waals surface area contributed by atoms with Gasteiger partial charge in [-0.05, 0) is 69.8 Å². The molecule has 0 atom stereocenters. The van der Waals surface area contributed by atoms with Gasteiger partial charge in [0.2, 0.25) is 0 Å². The third-order valence-electron chi connectivity index (χ3n) is 13.6. The second kappa shape index (κ2) is 13.3. The van der Waals surface area contributed by atoms with E-state index in [0.29, 0.717) is 11.5 Å². The molecule has 0 fully saturated rings. The van der Waals surface area contributed by atoms with Crippen LogP contribution in [0, 0.1) is 11.6 Å². The first kappa shape index (κ1) is 36.9. The Labute approximate surface area is 378 Å². The van der Waals surface area contributed by atoms with Crippen molar-refractivity contribution in [3.63, 3.8) is 0 Å². The molecule has 0 amide bonds. The van der Waals surface area contributed by atoms with Gasteiger partial charge in [0.05, 0.1) is 38.3 Å². The average Bonchev–Trinajstić information content (AvgIpc) is 4.01. The van der Waals surface area contributed by atoms with Crippen molar-refractivity contribution < 1.29 is 8.78 Å². The molecule has 4 nitrogen and oxygen atoms in total. The number of halogens is 2. The van der Waals surface area contributed by atoms with E-state index in [1.807, 2.05) is 34.4 Å². The molecule has 9 aromatic carbocycles. The van der Waals surface area contributed by atoms with E-state index in [9.17, 15) is 0 Å². The second-order valence-corrected chi connectivity index (χ2v) is 19.7. The first-order valence-electron chi connectivity index (χ1n) is 21.7. The first-order chi connectivity index (χ1) is 31.8. The molecule has 0 bridgehead atoms. The highest BCUT2D eigenvalue weighted by Crippen LogP contribution is 2.54. The van der Waals surface area contributed by atoms with Crippen LogP contribution in [0.3, 0.4) is 0 Å². The maximum atomic E-state index is 15.1. The minimum atomic E-state index is -0.637. The molecule has 0 saturated heterocycles. The van der Waals surface area contributed by atoms with Crippen LogP contribution in [0.5, 0.6) is 0 Å². The van der Waals surface area contributed by atoms with Gasteiger partial charge in [-0.2, -0.15) is 0 Å². The van der Waals surface area contributed by atoms with Gasteiger partial charge in [0.1, 0.15) is 11.6 Å². The zero-order valence-electron chi connectivity index (χ0n) is 35.0. The van der Waals surface area contributed by atoms with Crippen LogP contribution < -0.4 is 4.90 Å². The molecule has 8 heteroatoms. The fraction of sp³-hybridized carbons (Fsp3) is 0.0526. The van der Waals surface area contributed by atoms with Gasteiger partial charge in [-0.15, -0.1) is 22.7 Å². The van der Waals surface area contributed by atoms with E-state index >= 15 is 8.78 Å². The van der Waals surface area contributed by atoms with Gasteiger partial charge in [-0.25, -0.2) is 18.7 Å². The van der Waals surface area contributed by atoms with Crippen LogP contribution in [0.2, 0.25) is 0 Å². The Morgan fingerprint density at radius 1 is 0.508 bits per heavy atom. The van der Waals surface area contributed by atoms with Crippen LogP contribution in [-0.2, 0) is 5.41 Å². The second-order valence-electron chi connectivity index (χ2n) is 17.6. The lowest BCUT2D eigenvalue weighted by molar-refractivity contribution is 0.583. The summed E-state index contributed by atoms with van der Waals surface area (Å²) in [6.45, 7) is 4.41. The van der Waals surface area contributed by atoms with Crippen molar-refractivity contribution >= 4 is 124 Å². The smallest absolute Gasteiger partial charge is 0.162 e. The van der Waals surface area contributed by atoms with E-state index in [0.717, 1.165) is 71.3 Å². The quantitative estimate of drug-likeness (QED) is 0.177. The summed E-state index contributed by atoms with van der Waals surface area (Å²) in [5.41, 5.74) is 7.61. The Morgan fingerprint density at radius 2 is 1.15 bits per heavy atom. The van der Waals surface area contributed by atoms with Crippen molar-refractivity contribution in [2.24, 2.45) is 0 Å². The SMILES string of the molecule is CC1(C)c2ccccc2N(c2cc(F)cc(F)c2)c2cc(-c3nc(-n4c5ccc6ccccc6c5c5c6ccccc6c6sc7ccccc7c6c54)c4sc5ccccc5c4n3)ccc21. The number of para-hydroxylation sites is 1. The van der Waals surface area contributed by atoms with Crippen LogP contribution >= 0.6 is 22.7 Å². The fourth-order valence-corrected chi connectivity index (χ4v) is 13.2. The Hall–Kier alpha value is -7.52. The van der Waals surface area contributed by atoms with E-state index < -0.39 is 17.0 Å². The van der Waals surface area contributed by atoms with Crippen LogP contribution in [-0.4, -0.2) is 14.5 Å². The van der Waals surface area contributed by atoms with Gasteiger partial charge in [-0.1, -0.05) is 135 Å². The monoisotopic (exact) mass is 876 g/mol. The van der Waals surface area contributed by atoms with Crippen LogP contribution in [0.15, 0.2) is 170 Å². The summed E-state index contributed by atoms with van der Waals surface area (Å²) in [5.74, 6) is 0.0914. The highest BCUT2D eigenvalue weighted by atomic mass is 32.1. The molecule has 0 radical (unpaired) electrons. The van der Waals surface area contributed by atoms with Crippen LogP contribution in [0.25, 0.3) is 101 Å². The normalized spacial score (nSPS) is 13.6. The van der Waals surface area contributed by atoms with Crippen LogP contribution in [0.1, 0.15) is 25.0 Å². The van der Waals surface area contributed by atoms with Crippen molar-refractivity contribution in [3.05, 3.63) is 193 Å². The molecule has 0 aliphatic carbocycles. The molecule has 65 heavy (non-hydrogen) atoms. The largest absolute Gasteiger partial charge is 0.310 e. The predicted molar refractivity (Wildman–Crippen MR) is 269 cm³/mol. The molecule has 0 saturated carbocycles. The third-order valence-corrected chi connectivity index (χ3v) is 16.0. The van der Waals surface area contributed by atoms with Gasteiger partial charge < -0.3 is 4.90 Å². The van der Waals surface area contributed by atoms with E-state index in [-0.39, 0.29) is 0 Å². The van der Waals surface area contributed by atoms with Gasteiger partial charge in [0.25, 0.3) is 0 Å². The van der Waals surface area contributed by atoms with Gasteiger partial charge in [0.15, 0.2) is 11.6 Å². The molecule has 5 heterocycles. The third kappa shape index (κ3) is 5.09. The zero-order valence-corrected chi connectivity index (χ0v) is 36.7. The average molecular weight is 877 g/mol. The molecule has 14 rings (SSSR count). The minimum absolute atomic E-state index is 0.404. The number of hydrogen-bond acceptors (Lipinski definition) is 5. The van der Waals surface area contributed by atoms with Crippen molar-refractivity contribution in [2.45, 2.75) is 19.3 Å². The molecule has 13 aromatic rings. The summed E-state index contributed by atoms with van der Waals surface area (Å²) in [7, 11) is 0. The summed E-state index contributed by atoms with van der Waals surface area (Å²) in [5, 5.41) is 10.7. The Balaban J connectivity index is 1.14. The lowest BCUT2D eigenvalue weighted by Crippen LogP contribution is -2.30. The Kier molecular flexibility index (Phi) is 7.53. The summed E-state index contributed by atoms with van der Waals surface area (Å²) in [6, 6.07) is 57.5. The Morgan fingerprint density at radius 3 is 1.97 bits per heavy atom. The summed E-state index contributed by atoms with van der Waals surface area (Å²) < 4.78 is 37.3. The zero-order chi connectivity index (χ0) is 43.3. The lowest BCUT2D eigenvalue weighted by Gasteiger charge is -2.42. The molecule has 1 aliphatic heterocycles. The van der Waals surface area contributed by atoms with E-state index in [2.05, 4.69) is 152 Å². The first-order valence-corrected chi connectivity index (χ1v) is 23.3. The summed E-state index contributed by atoms with van der Waals surface area (Å²) >= 11 is 3.56. The number of anilines is 3. The molecular formula is C57H34F2N4S2. The minimum Gasteiger partial charge on any atom is -0.310 e. The van der Waals surface area contributed by atoms with E-state index in [4.69, 9.17) is 9.97 Å². The molecule has 1 aliphatic rings. The number of benzene rings is 9. The molecule has 0 N–H and O–H groups in total. The maximum Gasteiger partial charge on any atom is 0.162 e. The van der Waals surface area contributed by atoms with Crippen molar-refractivity contribution in [1.82, 2.24) is 14.5 Å². The molecule has 308 valence electrons. The number of hydrogen-bond donors (Lipinski definition) is 0. The molecule has 0 spiro atoms. The lowest BCUT2D eigenvalue weighted by atomic mass is 9.73. The van der Waals surface area contributed by atoms with E-state index in [1.54, 1.807) is 11.3 Å². The number of nitrogens with zero attached hydrogens (tertiary/aromatic N) is 4. The Bertz CT molecular complexity index is 4200. The molecule has 4 aromatic heterocycles. The standard InChI is InChI=1S/C57H34F2N4S2/c1-57(2)41-19-9-10-20-43(41)62(35-29-33(58)28-34(59)30-35)45-27-32(23-25-42(45)57)55-60-51-40-18-8-12-22-47(40)65-54(51)56(61-55)63-44-26-24-31-13-3-4-14-36(31)48(44)49-37-15-5-6-16-38(37)53-50(52(49)63)39-17-7-11-21-46(39)64-53/h3-30H,1-2H3. The predicted octanol–water partition coefficient (Wildman–Crippen LogP) is 16.7. The van der Waals surface area contributed by atoms with Gasteiger partial charge in [-0.3, -0.25) is 4.57 Å². The van der Waals surface area contributed by atoms with Gasteiger partial charge >= 0.3 is 0 Å². The van der Waals surface area contributed by atoms with Crippen molar-refractivity contribution in [2.75, 3.05) is 4.90 Å². The number of thiophene rings is 2. The maximum absolute atomic E-state index is 15.1. The van der Waals surface area contributed by atoms with Gasteiger partial charge in [0, 0.05) is 63.5 Å². The van der Waals surface area contributed by atoms with E-state index in [1.165, 1.54) is 64.6 Å².